The predicted molar refractivity (Wildman–Crippen MR) is 82.2 cm³/mol. The van der Waals surface area contributed by atoms with E-state index in [9.17, 15) is 4.79 Å². The second kappa shape index (κ2) is 7.20. The molecule has 0 aliphatic carbocycles. The van der Waals surface area contributed by atoms with Gasteiger partial charge in [-0.25, -0.2) is 0 Å². The van der Waals surface area contributed by atoms with Crippen molar-refractivity contribution in [1.82, 2.24) is 4.98 Å². The largest absolute Gasteiger partial charge is 0.494 e. The van der Waals surface area contributed by atoms with E-state index in [0.717, 1.165) is 22.3 Å². The van der Waals surface area contributed by atoms with Gasteiger partial charge in [-0.15, -0.1) is 0 Å². The molecule has 1 heterocycles. The first kappa shape index (κ1) is 14.7. The van der Waals surface area contributed by atoms with E-state index in [4.69, 9.17) is 4.74 Å². The first-order chi connectivity index (χ1) is 9.69. The molecule has 104 valence electrons. The van der Waals surface area contributed by atoms with Gasteiger partial charge in [0.25, 0.3) is 0 Å². The fourth-order valence-corrected chi connectivity index (χ4v) is 1.99. The van der Waals surface area contributed by atoms with Crippen LogP contribution in [-0.2, 0) is 6.42 Å². The van der Waals surface area contributed by atoms with Gasteiger partial charge in [0.2, 0.25) is 0 Å². The average molecular weight is 334 g/mol. The zero-order valence-corrected chi connectivity index (χ0v) is 12.9. The molecule has 0 saturated carbocycles. The van der Waals surface area contributed by atoms with Crippen molar-refractivity contribution in [3.05, 3.63) is 58.3 Å². The van der Waals surface area contributed by atoms with Crippen molar-refractivity contribution < 1.29 is 9.53 Å². The van der Waals surface area contributed by atoms with Crippen LogP contribution in [0.4, 0.5) is 0 Å². The van der Waals surface area contributed by atoms with Crippen molar-refractivity contribution in [2.75, 3.05) is 6.61 Å². The van der Waals surface area contributed by atoms with E-state index >= 15 is 0 Å². The number of ether oxygens (including phenoxy) is 1. The van der Waals surface area contributed by atoms with Crippen LogP contribution in [0.3, 0.4) is 0 Å². The van der Waals surface area contributed by atoms with Gasteiger partial charge in [0, 0.05) is 21.9 Å². The van der Waals surface area contributed by atoms with Gasteiger partial charge in [0.05, 0.1) is 13.0 Å². The minimum atomic E-state index is 0.0433. The summed E-state index contributed by atoms with van der Waals surface area (Å²) in [6, 6.07) is 11.0. The third-order valence-electron chi connectivity index (χ3n) is 2.76. The van der Waals surface area contributed by atoms with E-state index in [0.29, 0.717) is 18.6 Å². The summed E-state index contributed by atoms with van der Waals surface area (Å²) >= 11 is 3.33. The Hall–Kier alpha value is -1.68. The SMILES string of the molecule is CCCOc1cccc(C(=O)Cc2ccc(Br)cn2)c1. The second-order valence-corrected chi connectivity index (χ2v) is 5.36. The summed E-state index contributed by atoms with van der Waals surface area (Å²) in [5.74, 6) is 0.781. The number of carbonyl (C=O) groups excluding carboxylic acids is 1. The maximum Gasteiger partial charge on any atom is 0.168 e. The number of Topliss-reactive ketones (excluding diaryl/α,β-unsaturated/α-hetero) is 1. The molecule has 3 nitrogen and oxygen atoms in total. The quantitative estimate of drug-likeness (QED) is 0.748. The van der Waals surface area contributed by atoms with Crippen LogP contribution in [0.2, 0.25) is 0 Å². The van der Waals surface area contributed by atoms with Crippen molar-refractivity contribution in [2.45, 2.75) is 19.8 Å². The van der Waals surface area contributed by atoms with Crippen LogP contribution in [0.1, 0.15) is 29.4 Å². The number of rotatable bonds is 6. The number of hydrogen-bond acceptors (Lipinski definition) is 3. The lowest BCUT2D eigenvalue weighted by atomic mass is 10.1. The molecule has 0 fully saturated rings. The molecule has 0 N–H and O–H groups in total. The monoisotopic (exact) mass is 333 g/mol. The van der Waals surface area contributed by atoms with E-state index in [1.165, 1.54) is 0 Å². The lowest BCUT2D eigenvalue weighted by molar-refractivity contribution is 0.0991. The van der Waals surface area contributed by atoms with Gasteiger partial charge >= 0.3 is 0 Å². The zero-order chi connectivity index (χ0) is 14.4. The maximum absolute atomic E-state index is 12.2. The molecule has 0 saturated heterocycles. The number of halogens is 1. The molecular weight excluding hydrogens is 318 g/mol. The maximum atomic E-state index is 12.2. The van der Waals surface area contributed by atoms with Crippen molar-refractivity contribution in [3.8, 4) is 5.75 Å². The third-order valence-corrected chi connectivity index (χ3v) is 3.23. The van der Waals surface area contributed by atoms with Crippen LogP contribution in [-0.4, -0.2) is 17.4 Å². The molecule has 0 aliphatic heterocycles. The number of pyridine rings is 1. The molecule has 0 spiro atoms. The topological polar surface area (TPSA) is 39.2 Å². The summed E-state index contributed by atoms with van der Waals surface area (Å²) in [5, 5.41) is 0. The van der Waals surface area contributed by atoms with Crippen LogP contribution in [0.15, 0.2) is 47.1 Å². The average Bonchev–Trinajstić information content (AvgIpc) is 2.48. The zero-order valence-electron chi connectivity index (χ0n) is 11.3. The molecule has 2 aromatic rings. The highest BCUT2D eigenvalue weighted by Crippen LogP contribution is 2.16. The van der Waals surface area contributed by atoms with Crippen LogP contribution in [0.5, 0.6) is 5.75 Å². The fraction of sp³-hybridized carbons (Fsp3) is 0.250. The Balaban J connectivity index is 2.06. The molecule has 0 amide bonds. The van der Waals surface area contributed by atoms with E-state index in [1.807, 2.05) is 31.2 Å². The predicted octanol–water partition coefficient (Wildman–Crippen LogP) is 4.06. The van der Waals surface area contributed by atoms with Crippen LogP contribution >= 0.6 is 15.9 Å². The summed E-state index contributed by atoms with van der Waals surface area (Å²) < 4.78 is 6.44. The number of benzene rings is 1. The first-order valence-electron chi connectivity index (χ1n) is 6.55. The Labute approximate surface area is 127 Å². The van der Waals surface area contributed by atoms with Crippen molar-refractivity contribution in [3.63, 3.8) is 0 Å². The van der Waals surface area contributed by atoms with Gasteiger partial charge in [-0.05, 0) is 46.6 Å². The first-order valence-corrected chi connectivity index (χ1v) is 7.35. The molecule has 0 aliphatic rings. The molecule has 1 aromatic heterocycles. The lowest BCUT2D eigenvalue weighted by Crippen LogP contribution is -2.05. The van der Waals surface area contributed by atoms with Crippen molar-refractivity contribution in [1.29, 1.82) is 0 Å². The van der Waals surface area contributed by atoms with Crippen LogP contribution in [0, 0.1) is 0 Å². The van der Waals surface area contributed by atoms with Crippen molar-refractivity contribution >= 4 is 21.7 Å². The number of ketones is 1. The van der Waals surface area contributed by atoms with Gasteiger partial charge < -0.3 is 4.74 Å². The van der Waals surface area contributed by atoms with Gasteiger partial charge in [-0.1, -0.05) is 19.1 Å². The number of aromatic nitrogens is 1. The number of hydrogen-bond donors (Lipinski definition) is 0. The molecule has 0 bridgehead atoms. The highest BCUT2D eigenvalue weighted by atomic mass is 79.9. The highest BCUT2D eigenvalue weighted by Gasteiger charge is 2.09. The Kier molecular flexibility index (Phi) is 5.30. The van der Waals surface area contributed by atoms with Gasteiger partial charge in [0.15, 0.2) is 5.78 Å². The second-order valence-electron chi connectivity index (χ2n) is 4.44. The number of carbonyl (C=O) groups is 1. The molecule has 1 aromatic carbocycles. The fourth-order valence-electron chi connectivity index (χ4n) is 1.76. The molecule has 0 radical (unpaired) electrons. The molecule has 0 unspecified atom stereocenters. The number of nitrogens with zero attached hydrogens (tertiary/aromatic N) is 1. The molecular formula is C16H16BrNO2. The third kappa shape index (κ3) is 4.17. The Morgan fingerprint density at radius 3 is 2.85 bits per heavy atom. The van der Waals surface area contributed by atoms with E-state index in [2.05, 4.69) is 20.9 Å². The van der Waals surface area contributed by atoms with E-state index in [-0.39, 0.29) is 5.78 Å². The standard InChI is InChI=1S/C16H16BrNO2/c1-2-8-20-15-5-3-4-12(9-15)16(19)10-14-7-6-13(17)11-18-14/h3-7,9,11H,2,8,10H2,1H3. The van der Waals surface area contributed by atoms with E-state index < -0.39 is 0 Å². The minimum Gasteiger partial charge on any atom is -0.494 e. The molecule has 20 heavy (non-hydrogen) atoms. The minimum absolute atomic E-state index is 0.0433. The summed E-state index contributed by atoms with van der Waals surface area (Å²) in [4.78, 5) is 16.4. The lowest BCUT2D eigenvalue weighted by Gasteiger charge is -2.06. The Morgan fingerprint density at radius 1 is 1.30 bits per heavy atom. The smallest absolute Gasteiger partial charge is 0.168 e. The summed E-state index contributed by atoms with van der Waals surface area (Å²) in [6.07, 6.45) is 2.94. The van der Waals surface area contributed by atoms with Gasteiger partial charge in [-0.2, -0.15) is 0 Å². The summed E-state index contributed by atoms with van der Waals surface area (Å²) in [7, 11) is 0. The normalized spacial score (nSPS) is 10.3. The van der Waals surface area contributed by atoms with Gasteiger partial charge in [0.1, 0.15) is 5.75 Å². The van der Waals surface area contributed by atoms with Crippen LogP contribution < -0.4 is 4.74 Å². The van der Waals surface area contributed by atoms with E-state index in [1.54, 1.807) is 18.3 Å². The molecule has 4 heteroatoms. The molecule has 2 rings (SSSR count). The molecule has 0 atom stereocenters. The van der Waals surface area contributed by atoms with Crippen molar-refractivity contribution in [2.24, 2.45) is 0 Å². The summed E-state index contributed by atoms with van der Waals surface area (Å²) in [6.45, 7) is 2.71. The highest BCUT2D eigenvalue weighted by molar-refractivity contribution is 9.10. The Morgan fingerprint density at radius 2 is 2.15 bits per heavy atom. The van der Waals surface area contributed by atoms with Crippen LogP contribution in [0.25, 0.3) is 0 Å². The van der Waals surface area contributed by atoms with Gasteiger partial charge in [-0.3, -0.25) is 9.78 Å². The Bertz CT molecular complexity index is 581. The summed E-state index contributed by atoms with van der Waals surface area (Å²) in [5.41, 5.74) is 1.42.